The third-order valence-electron chi connectivity index (χ3n) is 7.26. The van der Waals surface area contributed by atoms with Crippen LogP contribution in [0.5, 0.6) is 0 Å². The van der Waals surface area contributed by atoms with Crippen molar-refractivity contribution in [2.24, 2.45) is 0 Å². The minimum absolute atomic E-state index is 0.543. The van der Waals surface area contributed by atoms with Gasteiger partial charge in [0.05, 0.1) is 106 Å². The molecule has 0 saturated carbocycles. The minimum Gasteiger partial charge on any atom is -0.379 e. The standard InChI is InChI=1S/C36H74O9/c1-3-5-7-8-9-10-11-12-13-14-15-16-18-20-38-22-24-40-26-28-42-30-32-44-34-36-45-35-33-43-31-29-41-27-25-39-23-21-37-19-17-6-4-2/h3-36H2,1-2H3. The number of ether oxygens (including phenoxy) is 9. The van der Waals surface area contributed by atoms with Crippen LogP contribution in [0.2, 0.25) is 0 Å². The van der Waals surface area contributed by atoms with Crippen LogP contribution in [0.1, 0.15) is 117 Å². The highest BCUT2D eigenvalue weighted by Gasteiger charge is 1.97. The van der Waals surface area contributed by atoms with Crippen molar-refractivity contribution in [3.05, 3.63) is 0 Å². The van der Waals surface area contributed by atoms with Crippen molar-refractivity contribution >= 4 is 0 Å². The van der Waals surface area contributed by atoms with Crippen molar-refractivity contribution in [1.82, 2.24) is 0 Å². The number of rotatable bonds is 42. The molecule has 0 aliphatic carbocycles. The molecule has 0 aliphatic heterocycles. The smallest absolute Gasteiger partial charge is 0.0701 e. The van der Waals surface area contributed by atoms with Gasteiger partial charge in [-0.05, 0) is 12.8 Å². The molecule has 0 aromatic carbocycles. The van der Waals surface area contributed by atoms with Gasteiger partial charge in [0.25, 0.3) is 0 Å². The molecule has 0 heterocycles. The van der Waals surface area contributed by atoms with E-state index in [4.69, 9.17) is 42.6 Å². The summed E-state index contributed by atoms with van der Waals surface area (Å²) >= 11 is 0. The molecule has 0 atom stereocenters. The van der Waals surface area contributed by atoms with Crippen LogP contribution in [0.4, 0.5) is 0 Å². The molecular formula is C36H74O9. The maximum absolute atomic E-state index is 5.67. The summed E-state index contributed by atoms with van der Waals surface area (Å²) in [6.45, 7) is 15.4. The van der Waals surface area contributed by atoms with Crippen molar-refractivity contribution in [2.75, 3.05) is 119 Å². The second-order valence-corrected chi connectivity index (χ2v) is 11.5. The highest BCUT2D eigenvalue weighted by Crippen LogP contribution is 2.12. The zero-order chi connectivity index (χ0) is 32.4. The minimum atomic E-state index is 0.543. The normalized spacial score (nSPS) is 11.6. The Balaban J connectivity index is 3.03. The molecule has 0 bridgehead atoms. The van der Waals surface area contributed by atoms with Gasteiger partial charge in [-0.1, -0.05) is 104 Å². The zero-order valence-corrected chi connectivity index (χ0v) is 29.7. The molecule has 0 unspecified atom stereocenters. The van der Waals surface area contributed by atoms with E-state index >= 15 is 0 Å². The Kier molecular flexibility index (Phi) is 43.3. The summed E-state index contributed by atoms with van der Waals surface area (Å²) in [6.07, 6.45) is 21.4. The topological polar surface area (TPSA) is 83.1 Å². The third kappa shape index (κ3) is 43.6. The van der Waals surface area contributed by atoms with Gasteiger partial charge in [-0.15, -0.1) is 0 Å². The molecule has 0 aromatic heterocycles. The third-order valence-corrected chi connectivity index (χ3v) is 7.26. The first-order valence-electron chi connectivity index (χ1n) is 18.6. The quantitative estimate of drug-likeness (QED) is 0.0627. The van der Waals surface area contributed by atoms with E-state index in [1.165, 1.54) is 89.9 Å². The SMILES string of the molecule is CCCCCCCCCCCCCCCOCCOCCOCCOCCOCCOCCOCCOCCOCCCCC. The number of hydrogen-bond donors (Lipinski definition) is 0. The molecule has 0 saturated heterocycles. The molecule has 0 rings (SSSR count). The summed E-state index contributed by atoms with van der Waals surface area (Å²) in [5, 5.41) is 0. The van der Waals surface area contributed by atoms with Crippen molar-refractivity contribution < 1.29 is 42.6 Å². The predicted octanol–water partition coefficient (Wildman–Crippen LogP) is 7.42. The van der Waals surface area contributed by atoms with Gasteiger partial charge in [0.15, 0.2) is 0 Å². The average Bonchev–Trinajstić information content (AvgIpc) is 3.05. The maximum atomic E-state index is 5.67. The van der Waals surface area contributed by atoms with Crippen LogP contribution in [0.25, 0.3) is 0 Å². The zero-order valence-electron chi connectivity index (χ0n) is 29.7. The molecule has 45 heavy (non-hydrogen) atoms. The molecule has 0 spiro atoms. The van der Waals surface area contributed by atoms with Gasteiger partial charge in [-0.25, -0.2) is 0 Å². The lowest BCUT2D eigenvalue weighted by atomic mass is 10.0. The van der Waals surface area contributed by atoms with E-state index in [9.17, 15) is 0 Å². The molecule has 0 N–H and O–H groups in total. The van der Waals surface area contributed by atoms with Crippen molar-refractivity contribution in [1.29, 1.82) is 0 Å². The first kappa shape index (κ1) is 44.6. The van der Waals surface area contributed by atoms with Crippen LogP contribution in [0.3, 0.4) is 0 Å². The summed E-state index contributed by atoms with van der Waals surface area (Å²) in [6, 6.07) is 0. The van der Waals surface area contributed by atoms with E-state index in [0.29, 0.717) is 106 Å². The largest absolute Gasteiger partial charge is 0.379 e. The van der Waals surface area contributed by atoms with E-state index in [0.717, 1.165) is 26.1 Å². The highest BCUT2D eigenvalue weighted by atomic mass is 16.6. The molecule has 9 nitrogen and oxygen atoms in total. The maximum Gasteiger partial charge on any atom is 0.0701 e. The van der Waals surface area contributed by atoms with Gasteiger partial charge in [-0.2, -0.15) is 0 Å². The average molecular weight is 651 g/mol. The van der Waals surface area contributed by atoms with Crippen LogP contribution in [-0.2, 0) is 42.6 Å². The van der Waals surface area contributed by atoms with Crippen LogP contribution in [0.15, 0.2) is 0 Å². The van der Waals surface area contributed by atoms with Crippen molar-refractivity contribution in [2.45, 2.75) is 117 Å². The van der Waals surface area contributed by atoms with Gasteiger partial charge >= 0.3 is 0 Å². The number of unbranched alkanes of at least 4 members (excludes halogenated alkanes) is 14. The van der Waals surface area contributed by atoms with E-state index in [1.54, 1.807) is 0 Å². The van der Waals surface area contributed by atoms with Crippen molar-refractivity contribution in [3.8, 4) is 0 Å². The monoisotopic (exact) mass is 651 g/mol. The summed E-state index contributed by atoms with van der Waals surface area (Å²) < 4.78 is 49.7. The molecule has 0 amide bonds. The molecule has 0 fully saturated rings. The summed E-state index contributed by atoms with van der Waals surface area (Å²) in [4.78, 5) is 0. The van der Waals surface area contributed by atoms with Gasteiger partial charge in [0.2, 0.25) is 0 Å². The van der Waals surface area contributed by atoms with E-state index in [2.05, 4.69) is 13.8 Å². The summed E-state index contributed by atoms with van der Waals surface area (Å²) in [7, 11) is 0. The molecule has 9 heteroatoms. The predicted molar refractivity (Wildman–Crippen MR) is 183 cm³/mol. The Morgan fingerprint density at radius 3 is 0.578 bits per heavy atom. The van der Waals surface area contributed by atoms with E-state index in [1.807, 2.05) is 0 Å². The van der Waals surface area contributed by atoms with Gasteiger partial charge in [0, 0.05) is 13.2 Å². The molecule has 0 radical (unpaired) electrons. The van der Waals surface area contributed by atoms with Gasteiger partial charge in [0.1, 0.15) is 0 Å². The van der Waals surface area contributed by atoms with Gasteiger partial charge < -0.3 is 42.6 Å². The van der Waals surface area contributed by atoms with E-state index < -0.39 is 0 Å². The molecular weight excluding hydrogens is 576 g/mol. The lowest BCUT2D eigenvalue weighted by molar-refractivity contribution is -0.0250. The van der Waals surface area contributed by atoms with E-state index in [-0.39, 0.29) is 0 Å². The Bertz CT molecular complexity index is 457. The first-order valence-corrected chi connectivity index (χ1v) is 18.6. The second-order valence-electron chi connectivity index (χ2n) is 11.5. The first-order chi connectivity index (χ1) is 22.4. The fourth-order valence-corrected chi connectivity index (χ4v) is 4.54. The Hall–Kier alpha value is -0.360. The molecule has 272 valence electrons. The fraction of sp³-hybridized carbons (Fsp3) is 1.00. The fourth-order valence-electron chi connectivity index (χ4n) is 4.54. The van der Waals surface area contributed by atoms with Gasteiger partial charge in [-0.3, -0.25) is 0 Å². The van der Waals surface area contributed by atoms with Crippen LogP contribution >= 0.6 is 0 Å². The van der Waals surface area contributed by atoms with Crippen LogP contribution < -0.4 is 0 Å². The Morgan fingerprint density at radius 1 is 0.178 bits per heavy atom. The summed E-state index contributed by atoms with van der Waals surface area (Å²) in [5.74, 6) is 0. The molecule has 0 aliphatic rings. The van der Waals surface area contributed by atoms with Crippen LogP contribution in [-0.4, -0.2) is 119 Å². The lowest BCUT2D eigenvalue weighted by Gasteiger charge is -2.09. The summed E-state index contributed by atoms with van der Waals surface area (Å²) in [5.41, 5.74) is 0. The lowest BCUT2D eigenvalue weighted by Crippen LogP contribution is -2.15. The second kappa shape index (κ2) is 43.6. The Morgan fingerprint density at radius 2 is 0.333 bits per heavy atom. The van der Waals surface area contributed by atoms with Crippen molar-refractivity contribution in [3.63, 3.8) is 0 Å². The number of hydrogen-bond acceptors (Lipinski definition) is 9. The highest BCUT2D eigenvalue weighted by molar-refractivity contribution is 4.49. The Labute approximate surface area is 278 Å². The van der Waals surface area contributed by atoms with Crippen LogP contribution in [0, 0.1) is 0 Å². The molecule has 0 aromatic rings.